The largest absolute Gasteiger partial charge is 0.497 e. The molecule has 0 unspecified atom stereocenters. The van der Waals surface area contributed by atoms with Crippen molar-refractivity contribution in [2.45, 2.75) is 19.2 Å². The Labute approximate surface area is 217 Å². The van der Waals surface area contributed by atoms with E-state index in [1.165, 1.54) is 16.3 Å². The molecule has 1 aromatic heterocycles. The maximum atomic E-state index is 11.0. The van der Waals surface area contributed by atoms with Crippen LogP contribution in [0.25, 0.3) is 21.8 Å². The molecule has 4 aromatic rings. The van der Waals surface area contributed by atoms with Crippen LogP contribution in [0, 0.1) is 0 Å². The Morgan fingerprint density at radius 1 is 0.794 bits per heavy atom. The van der Waals surface area contributed by atoms with Crippen molar-refractivity contribution < 1.29 is 9.84 Å². The molecule has 34 heavy (non-hydrogen) atoms. The number of halogens is 2. The minimum atomic E-state index is -0.431. The van der Waals surface area contributed by atoms with E-state index >= 15 is 0 Å². The summed E-state index contributed by atoms with van der Waals surface area (Å²) < 4.78 is 9.64. The molecule has 5 nitrogen and oxygen atoms in total. The summed E-state index contributed by atoms with van der Waals surface area (Å²) in [6.45, 7) is 6.18. The highest BCUT2D eigenvalue weighted by Gasteiger charge is 2.21. The van der Waals surface area contributed by atoms with Gasteiger partial charge in [0.15, 0.2) is 0 Å². The van der Waals surface area contributed by atoms with Crippen LogP contribution in [-0.2, 0) is 13.1 Å². The number of piperazine rings is 1. The van der Waals surface area contributed by atoms with Gasteiger partial charge in [0.25, 0.3) is 0 Å². The van der Waals surface area contributed by atoms with E-state index in [0.717, 1.165) is 58.5 Å². The first-order valence-electron chi connectivity index (χ1n) is 11.6. The molecule has 1 aliphatic rings. The van der Waals surface area contributed by atoms with Crippen molar-refractivity contribution in [3.63, 3.8) is 0 Å². The van der Waals surface area contributed by atoms with Crippen molar-refractivity contribution in [1.82, 2.24) is 14.4 Å². The summed E-state index contributed by atoms with van der Waals surface area (Å²) >= 11 is 7.22. The molecule has 0 aliphatic carbocycles. The van der Waals surface area contributed by atoms with Gasteiger partial charge in [-0.05, 0) is 54.1 Å². The molecular formula is C27H29Br2N3O2. The third-order valence-corrected chi connectivity index (χ3v) is 7.67. The third-order valence-electron chi connectivity index (χ3n) is 6.68. The normalized spacial score (nSPS) is 16.4. The minimum absolute atomic E-state index is 0.431. The fourth-order valence-electron chi connectivity index (χ4n) is 4.93. The Hall–Kier alpha value is -1.90. The lowest BCUT2D eigenvalue weighted by molar-refractivity contribution is 0.0634. The van der Waals surface area contributed by atoms with E-state index < -0.39 is 6.10 Å². The lowest BCUT2D eigenvalue weighted by Gasteiger charge is -2.35. The lowest BCUT2D eigenvalue weighted by Crippen LogP contribution is -2.48. The van der Waals surface area contributed by atoms with Gasteiger partial charge in [-0.15, -0.1) is 0 Å². The topological polar surface area (TPSA) is 40.9 Å². The summed E-state index contributed by atoms with van der Waals surface area (Å²) in [4.78, 5) is 4.86. The zero-order valence-electron chi connectivity index (χ0n) is 19.3. The second kappa shape index (κ2) is 10.4. The van der Waals surface area contributed by atoms with Crippen molar-refractivity contribution in [3.8, 4) is 5.75 Å². The molecule has 3 aromatic carbocycles. The van der Waals surface area contributed by atoms with Crippen molar-refractivity contribution in [2.75, 3.05) is 39.8 Å². The van der Waals surface area contributed by atoms with Gasteiger partial charge in [-0.25, -0.2) is 0 Å². The van der Waals surface area contributed by atoms with Gasteiger partial charge in [-0.2, -0.15) is 0 Å². The lowest BCUT2D eigenvalue weighted by atomic mass is 10.2. The standard InChI is InChI=1S/C27H29Br2N3O2/c1-34-23-6-2-19(3-7-23)16-30-10-12-31(13-11-30)17-22(33)18-32-26-8-4-20(28)14-24(26)25-15-21(29)5-9-27(25)32/h2-9,14-15,22,33H,10-13,16-18H2,1H3/t22-/m1/s1. The average Bonchev–Trinajstić information content (AvgIpc) is 3.12. The van der Waals surface area contributed by atoms with Crippen LogP contribution in [0.2, 0.25) is 0 Å². The predicted octanol–water partition coefficient (Wildman–Crippen LogP) is 5.51. The van der Waals surface area contributed by atoms with E-state index in [9.17, 15) is 5.11 Å². The summed E-state index contributed by atoms with van der Waals surface area (Å²) in [5, 5.41) is 13.4. The van der Waals surface area contributed by atoms with Crippen LogP contribution in [0.4, 0.5) is 0 Å². The number of ether oxygens (including phenoxy) is 1. The second-order valence-corrected chi connectivity index (χ2v) is 10.8. The first-order chi connectivity index (χ1) is 16.5. The molecule has 178 valence electrons. The number of aliphatic hydroxyl groups excluding tert-OH is 1. The van der Waals surface area contributed by atoms with Crippen LogP contribution < -0.4 is 4.74 Å². The number of rotatable bonds is 7. The summed E-state index contributed by atoms with van der Waals surface area (Å²) in [6, 6.07) is 21.1. The van der Waals surface area contributed by atoms with Crippen LogP contribution in [0.5, 0.6) is 5.75 Å². The molecule has 1 aliphatic heterocycles. The molecule has 1 saturated heterocycles. The molecule has 2 heterocycles. The number of aliphatic hydroxyl groups is 1. The van der Waals surface area contributed by atoms with Crippen LogP contribution >= 0.6 is 31.9 Å². The van der Waals surface area contributed by atoms with Gasteiger partial charge < -0.3 is 14.4 Å². The van der Waals surface area contributed by atoms with Gasteiger partial charge in [0, 0.05) is 70.0 Å². The van der Waals surface area contributed by atoms with E-state index in [1.807, 2.05) is 12.1 Å². The average molecular weight is 587 g/mol. The summed E-state index contributed by atoms with van der Waals surface area (Å²) in [6.07, 6.45) is -0.431. The maximum absolute atomic E-state index is 11.0. The molecule has 1 fully saturated rings. The highest BCUT2D eigenvalue weighted by Crippen LogP contribution is 2.33. The molecule has 0 spiro atoms. The van der Waals surface area contributed by atoms with E-state index in [0.29, 0.717) is 13.1 Å². The van der Waals surface area contributed by atoms with Crippen LogP contribution in [0.1, 0.15) is 5.56 Å². The predicted molar refractivity (Wildman–Crippen MR) is 146 cm³/mol. The van der Waals surface area contributed by atoms with Gasteiger partial charge in [-0.3, -0.25) is 9.80 Å². The molecule has 0 radical (unpaired) electrons. The van der Waals surface area contributed by atoms with Gasteiger partial charge in [-0.1, -0.05) is 44.0 Å². The number of benzene rings is 3. The van der Waals surface area contributed by atoms with Crippen LogP contribution in [0.15, 0.2) is 69.6 Å². The van der Waals surface area contributed by atoms with E-state index in [4.69, 9.17) is 4.74 Å². The van der Waals surface area contributed by atoms with Crippen molar-refractivity contribution >= 4 is 53.7 Å². The molecular weight excluding hydrogens is 558 g/mol. The Morgan fingerprint density at radius 3 is 1.91 bits per heavy atom. The molecule has 0 saturated carbocycles. The summed E-state index contributed by atoms with van der Waals surface area (Å²) in [7, 11) is 1.70. The van der Waals surface area contributed by atoms with Gasteiger partial charge in [0.2, 0.25) is 0 Å². The Morgan fingerprint density at radius 2 is 1.35 bits per heavy atom. The smallest absolute Gasteiger partial charge is 0.118 e. The zero-order chi connectivity index (χ0) is 23.7. The Bertz CT molecular complexity index is 1220. The zero-order valence-corrected chi connectivity index (χ0v) is 22.4. The first kappa shape index (κ1) is 23.8. The quantitative estimate of drug-likeness (QED) is 0.310. The molecule has 7 heteroatoms. The molecule has 0 amide bonds. The van der Waals surface area contributed by atoms with Gasteiger partial charge in [0.05, 0.1) is 19.8 Å². The minimum Gasteiger partial charge on any atom is -0.497 e. The van der Waals surface area contributed by atoms with Gasteiger partial charge in [0.1, 0.15) is 5.75 Å². The first-order valence-corrected chi connectivity index (χ1v) is 13.2. The van der Waals surface area contributed by atoms with Gasteiger partial charge >= 0.3 is 0 Å². The second-order valence-electron chi connectivity index (χ2n) is 9.01. The third kappa shape index (κ3) is 5.19. The Kier molecular flexibility index (Phi) is 7.27. The number of hydrogen-bond acceptors (Lipinski definition) is 4. The number of fused-ring (bicyclic) bond motifs is 3. The number of hydrogen-bond donors (Lipinski definition) is 1. The monoisotopic (exact) mass is 585 g/mol. The maximum Gasteiger partial charge on any atom is 0.118 e. The molecule has 1 atom stereocenters. The number of β-amino-alcohol motifs (C(OH)–C–C–N with tert-alkyl or cyclic N) is 1. The van der Waals surface area contributed by atoms with Crippen molar-refractivity contribution in [3.05, 3.63) is 75.2 Å². The highest BCUT2D eigenvalue weighted by molar-refractivity contribution is 9.10. The molecule has 5 rings (SSSR count). The van der Waals surface area contributed by atoms with E-state index in [2.05, 4.69) is 94.8 Å². The fourth-order valence-corrected chi connectivity index (χ4v) is 5.65. The van der Waals surface area contributed by atoms with E-state index in [-0.39, 0.29) is 0 Å². The van der Waals surface area contributed by atoms with Crippen molar-refractivity contribution in [1.29, 1.82) is 0 Å². The Balaban J connectivity index is 1.22. The summed E-state index contributed by atoms with van der Waals surface area (Å²) in [5.74, 6) is 0.895. The number of methoxy groups -OCH3 is 1. The molecule has 1 N–H and O–H groups in total. The number of aromatic nitrogens is 1. The summed E-state index contributed by atoms with van der Waals surface area (Å²) in [5.41, 5.74) is 3.61. The van der Waals surface area contributed by atoms with Crippen molar-refractivity contribution in [2.24, 2.45) is 0 Å². The number of nitrogens with zero attached hydrogens (tertiary/aromatic N) is 3. The van der Waals surface area contributed by atoms with Crippen LogP contribution in [-0.4, -0.2) is 65.4 Å². The van der Waals surface area contributed by atoms with Crippen LogP contribution in [0.3, 0.4) is 0 Å². The van der Waals surface area contributed by atoms with E-state index in [1.54, 1.807) is 7.11 Å². The SMILES string of the molecule is COc1ccc(CN2CCN(C[C@@H](O)Cn3c4ccc(Br)cc4c4cc(Br)ccc43)CC2)cc1. The highest BCUT2D eigenvalue weighted by atomic mass is 79.9. The molecule has 0 bridgehead atoms. The fraction of sp³-hybridized carbons (Fsp3) is 0.333.